The summed E-state index contributed by atoms with van der Waals surface area (Å²) in [5.74, 6) is -0.771. The van der Waals surface area contributed by atoms with E-state index in [4.69, 9.17) is 15.2 Å². The van der Waals surface area contributed by atoms with Gasteiger partial charge in [0.25, 0.3) is 0 Å². The minimum atomic E-state index is -0.892. The number of thiophene rings is 1. The van der Waals surface area contributed by atoms with Gasteiger partial charge in [-0.3, -0.25) is 14.4 Å². The molecule has 0 bridgehead atoms. The van der Waals surface area contributed by atoms with Gasteiger partial charge in [0, 0.05) is 37.2 Å². The fourth-order valence-electron chi connectivity index (χ4n) is 4.57. The van der Waals surface area contributed by atoms with Crippen LogP contribution in [-0.4, -0.2) is 75.2 Å². The van der Waals surface area contributed by atoms with E-state index in [-0.39, 0.29) is 43.4 Å². The zero-order valence-corrected chi connectivity index (χ0v) is 24.6. The summed E-state index contributed by atoms with van der Waals surface area (Å²) >= 11 is 1.59. The molecule has 3 amide bonds. The molecular formula is C30H40N4O5S. The Kier molecular flexibility index (Phi) is 11.5. The van der Waals surface area contributed by atoms with E-state index >= 15 is 0 Å². The number of fused-ring (bicyclic) bond motifs is 1. The Morgan fingerprint density at radius 1 is 1.07 bits per heavy atom. The van der Waals surface area contributed by atoms with Gasteiger partial charge in [0.05, 0.1) is 13.7 Å². The van der Waals surface area contributed by atoms with E-state index in [0.717, 1.165) is 27.6 Å². The number of hydrogen-bond acceptors (Lipinski definition) is 7. The lowest BCUT2D eigenvalue weighted by Gasteiger charge is -2.33. The molecule has 1 heterocycles. The number of benzene rings is 2. The predicted octanol–water partition coefficient (Wildman–Crippen LogP) is 3.07. The van der Waals surface area contributed by atoms with Crippen LogP contribution in [0.25, 0.3) is 10.1 Å². The van der Waals surface area contributed by atoms with Crippen LogP contribution in [0.5, 0.6) is 5.75 Å². The second-order valence-electron chi connectivity index (χ2n) is 9.84. The highest BCUT2D eigenvalue weighted by Crippen LogP contribution is 2.34. The van der Waals surface area contributed by atoms with Crippen LogP contribution >= 0.6 is 11.3 Å². The molecule has 3 rings (SSSR count). The molecule has 0 aliphatic heterocycles. The molecule has 0 fully saturated rings. The monoisotopic (exact) mass is 568 g/mol. The topological polar surface area (TPSA) is 123 Å². The summed E-state index contributed by atoms with van der Waals surface area (Å²) in [6.07, 6.45) is 1.000. The van der Waals surface area contributed by atoms with Gasteiger partial charge in [-0.1, -0.05) is 44.2 Å². The van der Waals surface area contributed by atoms with Crippen molar-refractivity contribution in [3.8, 4) is 5.75 Å². The van der Waals surface area contributed by atoms with Gasteiger partial charge < -0.3 is 30.7 Å². The summed E-state index contributed by atoms with van der Waals surface area (Å²) < 4.78 is 11.9. The first-order valence-electron chi connectivity index (χ1n) is 13.4. The maximum atomic E-state index is 13.9. The summed E-state index contributed by atoms with van der Waals surface area (Å²) in [7, 11) is 4.71. The van der Waals surface area contributed by atoms with Crippen LogP contribution in [-0.2, 0) is 25.5 Å². The third kappa shape index (κ3) is 7.80. The molecule has 1 aromatic heterocycles. The normalized spacial score (nSPS) is 14.2. The first-order valence-corrected chi connectivity index (χ1v) is 14.3. The van der Waals surface area contributed by atoms with E-state index in [0.29, 0.717) is 5.75 Å². The largest absolute Gasteiger partial charge is 0.497 e. The number of nitrogens with zero attached hydrogens (tertiary/aromatic N) is 1. The van der Waals surface area contributed by atoms with E-state index in [9.17, 15) is 14.4 Å². The molecule has 216 valence electrons. The van der Waals surface area contributed by atoms with E-state index < -0.39 is 18.0 Å². The van der Waals surface area contributed by atoms with Crippen molar-refractivity contribution < 1.29 is 23.9 Å². The minimum Gasteiger partial charge on any atom is -0.497 e. The molecule has 0 spiro atoms. The van der Waals surface area contributed by atoms with Gasteiger partial charge in [-0.25, -0.2) is 0 Å². The zero-order chi connectivity index (χ0) is 29.2. The Bertz CT molecular complexity index is 1280. The third-order valence-electron chi connectivity index (χ3n) is 7.11. The van der Waals surface area contributed by atoms with Gasteiger partial charge in [0.2, 0.25) is 17.7 Å². The fraction of sp³-hybridized carbons (Fsp3) is 0.433. The standard InChI is InChI=1S/C30H40N4O5S/c1-6-21(31)16-39-17-27(35)34(4)28(19(2)24-18-40-26-10-8-7-9-23(24)26)30(37)33-25(29(36)32-3)15-20-11-13-22(38-5)14-12-20/h7-14,18-19,21,25,28H,6,15-17,31H2,1-5H3,(H,32,36)(H,33,37). The number of methoxy groups -OCH3 is 1. The molecule has 2 aromatic carbocycles. The molecular weight excluding hydrogens is 528 g/mol. The average Bonchev–Trinajstić information content (AvgIpc) is 3.40. The number of rotatable bonds is 14. The maximum absolute atomic E-state index is 13.9. The molecule has 9 nitrogen and oxygen atoms in total. The van der Waals surface area contributed by atoms with Gasteiger partial charge in [-0.2, -0.15) is 0 Å². The minimum absolute atomic E-state index is 0.167. The smallest absolute Gasteiger partial charge is 0.249 e. The summed E-state index contributed by atoms with van der Waals surface area (Å²) in [6, 6.07) is 13.4. The summed E-state index contributed by atoms with van der Waals surface area (Å²) in [6.45, 7) is 3.92. The molecule has 10 heteroatoms. The van der Waals surface area contributed by atoms with Crippen LogP contribution in [0.1, 0.15) is 37.3 Å². The first kappa shape index (κ1) is 31.1. The number of amides is 3. The Labute approximate surface area is 240 Å². The zero-order valence-electron chi connectivity index (χ0n) is 23.8. The summed E-state index contributed by atoms with van der Waals surface area (Å²) in [5, 5.41) is 8.62. The van der Waals surface area contributed by atoms with E-state index in [1.807, 2.05) is 67.8 Å². The van der Waals surface area contributed by atoms with Crippen molar-refractivity contribution in [1.29, 1.82) is 0 Å². The van der Waals surface area contributed by atoms with Crippen LogP contribution < -0.4 is 21.1 Å². The molecule has 0 aliphatic rings. The van der Waals surface area contributed by atoms with Crippen LogP contribution in [0.3, 0.4) is 0 Å². The van der Waals surface area contributed by atoms with Crippen LogP contribution in [0.4, 0.5) is 0 Å². The summed E-state index contributed by atoms with van der Waals surface area (Å²) in [4.78, 5) is 41.4. The lowest BCUT2D eigenvalue weighted by molar-refractivity contribution is -0.144. The molecule has 40 heavy (non-hydrogen) atoms. The lowest BCUT2D eigenvalue weighted by atomic mass is 9.90. The number of hydrogen-bond donors (Lipinski definition) is 3. The van der Waals surface area contributed by atoms with E-state index in [1.54, 1.807) is 25.5 Å². The molecule has 0 saturated heterocycles. The van der Waals surface area contributed by atoms with Crippen molar-refractivity contribution in [2.75, 3.05) is 34.4 Å². The highest BCUT2D eigenvalue weighted by molar-refractivity contribution is 7.17. The van der Waals surface area contributed by atoms with Crippen molar-refractivity contribution in [3.63, 3.8) is 0 Å². The predicted molar refractivity (Wildman–Crippen MR) is 159 cm³/mol. The highest BCUT2D eigenvalue weighted by Gasteiger charge is 2.36. The molecule has 4 atom stereocenters. The lowest BCUT2D eigenvalue weighted by Crippen LogP contribution is -2.56. The van der Waals surface area contributed by atoms with Gasteiger partial charge >= 0.3 is 0 Å². The Morgan fingerprint density at radius 3 is 2.42 bits per heavy atom. The van der Waals surface area contributed by atoms with Crippen LogP contribution in [0, 0.1) is 0 Å². The van der Waals surface area contributed by atoms with Crippen LogP contribution in [0.15, 0.2) is 53.9 Å². The highest BCUT2D eigenvalue weighted by atomic mass is 32.1. The van der Waals surface area contributed by atoms with E-state index in [2.05, 4.69) is 10.6 Å². The average molecular weight is 569 g/mol. The van der Waals surface area contributed by atoms with Crippen molar-refractivity contribution in [1.82, 2.24) is 15.5 Å². The third-order valence-corrected chi connectivity index (χ3v) is 8.10. The maximum Gasteiger partial charge on any atom is 0.249 e. The molecule has 4 unspecified atom stereocenters. The second kappa shape index (κ2) is 14.8. The molecule has 4 N–H and O–H groups in total. The van der Waals surface area contributed by atoms with Gasteiger partial charge in [-0.05, 0) is 46.5 Å². The van der Waals surface area contributed by atoms with Crippen molar-refractivity contribution in [2.24, 2.45) is 5.73 Å². The van der Waals surface area contributed by atoms with Gasteiger partial charge in [0.15, 0.2) is 0 Å². The first-order chi connectivity index (χ1) is 19.2. The molecule has 0 saturated carbocycles. The van der Waals surface area contributed by atoms with Crippen molar-refractivity contribution in [3.05, 3.63) is 65.0 Å². The Morgan fingerprint density at radius 2 is 1.77 bits per heavy atom. The number of ether oxygens (including phenoxy) is 2. The second-order valence-corrected chi connectivity index (χ2v) is 10.7. The van der Waals surface area contributed by atoms with Crippen molar-refractivity contribution >= 4 is 39.1 Å². The number of nitrogens with two attached hydrogens (primary N) is 1. The van der Waals surface area contributed by atoms with Crippen molar-refractivity contribution in [2.45, 2.75) is 50.7 Å². The molecule has 0 radical (unpaired) electrons. The number of likely N-dealkylation sites (N-methyl/N-ethyl adjacent to an activating group) is 2. The number of nitrogens with one attached hydrogen (secondary N) is 2. The van der Waals surface area contributed by atoms with Crippen LogP contribution in [0.2, 0.25) is 0 Å². The quantitative estimate of drug-likeness (QED) is 0.275. The summed E-state index contributed by atoms with van der Waals surface area (Å²) in [5.41, 5.74) is 7.74. The Balaban J connectivity index is 1.88. The SMILES string of the molecule is CCC(N)COCC(=O)N(C)C(C(=O)NC(Cc1ccc(OC)cc1)C(=O)NC)C(C)c1csc2ccccc12. The molecule has 0 aliphatic carbocycles. The molecule has 3 aromatic rings. The fourth-order valence-corrected chi connectivity index (χ4v) is 5.64. The Hall–Kier alpha value is -3.47. The van der Waals surface area contributed by atoms with Gasteiger partial charge in [0.1, 0.15) is 24.4 Å². The number of carbonyl (C=O) groups excluding carboxylic acids is 3. The van der Waals surface area contributed by atoms with Gasteiger partial charge in [-0.15, -0.1) is 11.3 Å². The van der Waals surface area contributed by atoms with E-state index in [1.165, 1.54) is 11.9 Å². The number of carbonyl (C=O) groups is 3.